The van der Waals surface area contributed by atoms with E-state index in [9.17, 15) is 9.59 Å². The summed E-state index contributed by atoms with van der Waals surface area (Å²) in [7, 11) is 0. The lowest BCUT2D eigenvalue weighted by Crippen LogP contribution is -2.36. The van der Waals surface area contributed by atoms with Crippen molar-refractivity contribution in [2.24, 2.45) is 0 Å². The number of para-hydroxylation sites is 2. The highest BCUT2D eigenvalue weighted by Crippen LogP contribution is 2.19. The summed E-state index contributed by atoms with van der Waals surface area (Å²) in [6.45, 7) is 4.39. The van der Waals surface area contributed by atoms with Gasteiger partial charge in [-0.15, -0.1) is 0 Å². The molecule has 1 atom stereocenters. The maximum atomic E-state index is 12.9. The molecule has 2 amide bonds. The minimum absolute atomic E-state index is 0.0469. The van der Waals surface area contributed by atoms with E-state index >= 15 is 0 Å². The van der Waals surface area contributed by atoms with E-state index in [4.69, 9.17) is 17.0 Å². The van der Waals surface area contributed by atoms with Gasteiger partial charge in [-0.25, -0.2) is 0 Å². The van der Waals surface area contributed by atoms with Crippen LogP contribution < -0.4 is 20.7 Å². The number of hydrogen-bond acceptors (Lipinski definition) is 4. The molecule has 34 heavy (non-hydrogen) atoms. The molecule has 0 heterocycles. The molecule has 0 spiro atoms. The fourth-order valence-electron chi connectivity index (χ4n) is 3.22. The van der Waals surface area contributed by atoms with E-state index in [1.54, 1.807) is 42.5 Å². The molecular formula is C27H29N3O3S. The fourth-order valence-corrected chi connectivity index (χ4v) is 3.42. The highest BCUT2D eigenvalue weighted by molar-refractivity contribution is 7.80. The molecule has 3 N–H and O–H groups in total. The summed E-state index contributed by atoms with van der Waals surface area (Å²) in [5.41, 5.74) is 2.50. The van der Waals surface area contributed by atoms with E-state index in [-0.39, 0.29) is 17.1 Å². The lowest BCUT2D eigenvalue weighted by molar-refractivity contribution is 0.0938. The molecule has 0 aliphatic heterocycles. The maximum absolute atomic E-state index is 12.9. The van der Waals surface area contributed by atoms with Crippen LogP contribution in [0.2, 0.25) is 0 Å². The topological polar surface area (TPSA) is 79.5 Å². The largest absolute Gasteiger partial charge is 0.492 e. The zero-order valence-electron chi connectivity index (χ0n) is 19.3. The third kappa shape index (κ3) is 7.15. The Morgan fingerprint density at radius 2 is 1.53 bits per heavy atom. The number of rotatable bonds is 9. The number of ether oxygens (including phenoxy) is 1. The number of amides is 2. The predicted octanol–water partition coefficient (Wildman–Crippen LogP) is 4.96. The van der Waals surface area contributed by atoms with Crippen molar-refractivity contribution in [1.29, 1.82) is 0 Å². The second kappa shape index (κ2) is 12.5. The van der Waals surface area contributed by atoms with Crippen LogP contribution in [-0.4, -0.2) is 29.6 Å². The predicted molar refractivity (Wildman–Crippen MR) is 139 cm³/mol. The van der Waals surface area contributed by atoms with Crippen LogP contribution in [-0.2, 0) is 6.42 Å². The average Bonchev–Trinajstić information content (AvgIpc) is 2.85. The monoisotopic (exact) mass is 475 g/mol. The van der Waals surface area contributed by atoms with Crippen LogP contribution >= 0.6 is 12.2 Å². The molecule has 0 aliphatic rings. The molecule has 7 heteroatoms. The smallest absolute Gasteiger partial charge is 0.261 e. The summed E-state index contributed by atoms with van der Waals surface area (Å²) < 4.78 is 5.88. The molecule has 0 fully saturated rings. The second-order valence-electron chi connectivity index (χ2n) is 7.82. The van der Waals surface area contributed by atoms with Gasteiger partial charge in [0, 0.05) is 12.5 Å². The second-order valence-corrected chi connectivity index (χ2v) is 8.23. The van der Waals surface area contributed by atoms with Gasteiger partial charge in [0.2, 0.25) is 0 Å². The number of carbonyl (C=O) groups is 2. The Kier molecular flexibility index (Phi) is 9.17. The Labute approximate surface area is 205 Å². The summed E-state index contributed by atoms with van der Waals surface area (Å²) in [5, 5.41) is 8.68. The standard InChI is InChI=1S/C27H29N3O3S/c1-3-19(2)28-25(31)21-13-7-9-15-23(21)29-27(34)30-26(32)22-14-8-10-16-24(22)33-18-17-20-11-5-4-6-12-20/h4-16,19H,3,17-18H2,1-2H3,(H,28,31)(H2,29,30,32,34). The SMILES string of the molecule is CCC(C)NC(=O)c1ccccc1NC(=S)NC(=O)c1ccccc1OCCc1ccccc1. The normalized spacial score (nSPS) is 11.2. The summed E-state index contributed by atoms with van der Waals surface area (Å²) in [4.78, 5) is 25.5. The first-order valence-corrected chi connectivity index (χ1v) is 11.7. The van der Waals surface area contributed by atoms with Crippen molar-refractivity contribution in [3.63, 3.8) is 0 Å². The number of nitrogens with one attached hydrogen (secondary N) is 3. The van der Waals surface area contributed by atoms with Gasteiger partial charge in [0.25, 0.3) is 11.8 Å². The molecule has 0 bridgehead atoms. The number of carbonyl (C=O) groups excluding carboxylic acids is 2. The van der Waals surface area contributed by atoms with Gasteiger partial charge in [-0.2, -0.15) is 0 Å². The van der Waals surface area contributed by atoms with Crippen molar-refractivity contribution < 1.29 is 14.3 Å². The molecule has 0 aliphatic carbocycles. The minimum Gasteiger partial charge on any atom is -0.492 e. The molecule has 1 unspecified atom stereocenters. The summed E-state index contributed by atoms with van der Waals surface area (Å²) in [6.07, 6.45) is 1.55. The molecule has 0 aromatic heterocycles. The van der Waals surface area contributed by atoms with Crippen molar-refractivity contribution in [2.75, 3.05) is 11.9 Å². The summed E-state index contributed by atoms with van der Waals surface area (Å²) in [6, 6.07) is 24.1. The maximum Gasteiger partial charge on any atom is 0.261 e. The van der Waals surface area contributed by atoms with Crippen LogP contribution in [0.1, 0.15) is 46.5 Å². The van der Waals surface area contributed by atoms with Gasteiger partial charge >= 0.3 is 0 Å². The van der Waals surface area contributed by atoms with Crippen LogP contribution in [0.15, 0.2) is 78.9 Å². The van der Waals surface area contributed by atoms with Crippen molar-refractivity contribution >= 4 is 34.8 Å². The molecule has 3 aromatic carbocycles. The Morgan fingerprint density at radius 1 is 0.882 bits per heavy atom. The Morgan fingerprint density at radius 3 is 2.26 bits per heavy atom. The van der Waals surface area contributed by atoms with Gasteiger partial charge in [-0.3, -0.25) is 14.9 Å². The Balaban J connectivity index is 1.62. The molecule has 0 saturated heterocycles. The third-order valence-electron chi connectivity index (χ3n) is 5.26. The molecule has 0 saturated carbocycles. The quantitative estimate of drug-likeness (QED) is 0.381. The first-order chi connectivity index (χ1) is 16.5. The van der Waals surface area contributed by atoms with Gasteiger partial charge in [-0.1, -0.05) is 61.5 Å². The molecule has 6 nitrogen and oxygen atoms in total. The van der Waals surface area contributed by atoms with Crippen molar-refractivity contribution in [3.8, 4) is 5.75 Å². The number of benzene rings is 3. The lowest BCUT2D eigenvalue weighted by Gasteiger charge is -2.16. The number of hydrogen-bond donors (Lipinski definition) is 3. The lowest BCUT2D eigenvalue weighted by atomic mass is 10.1. The van der Waals surface area contributed by atoms with Crippen LogP contribution in [0.5, 0.6) is 5.75 Å². The van der Waals surface area contributed by atoms with Crippen LogP contribution in [0.25, 0.3) is 0 Å². The minimum atomic E-state index is -0.394. The van der Waals surface area contributed by atoms with Gasteiger partial charge in [0.1, 0.15) is 5.75 Å². The van der Waals surface area contributed by atoms with Crippen molar-refractivity contribution in [1.82, 2.24) is 10.6 Å². The van der Waals surface area contributed by atoms with Crippen LogP contribution in [0.3, 0.4) is 0 Å². The molecular weight excluding hydrogens is 446 g/mol. The summed E-state index contributed by atoms with van der Waals surface area (Å²) in [5.74, 6) is -0.120. The molecule has 176 valence electrons. The fraction of sp³-hybridized carbons (Fsp3) is 0.222. The van der Waals surface area contributed by atoms with Crippen molar-refractivity contribution in [3.05, 3.63) is 95.6 Å². The van der Waals surface area contributed by atoms with E-state index in [1.807, 2.05) is 50.2 Å². The summed E-state index contributed by atoms with van der Waals surface area (Å²) >= 11 is 5.35. The van der Waals surface area contributed by atoms with E-state index in [2.05, 4.69) is 16.0 Å². The van der Waals surface area contributed by atoms with Gasteiger partial charge < -0.3 is 15.4 Å². The third-order valence-corrected chi connectivity index (χ3v) is 5.46. The van der Waals surface area contributed by atoms with Crippen molar-refractivity contribution in [2.45, 2.75) is 32.7 Å². The highest BCUT2D eigenvalue weighted by atomic mass is 32.1. The Hall–Kier alpha value is -3.71. The first kappa shape index (κ1) is 24.9. The zero-order valence-corrected chi connectivity index (χ0v) is 20.2. The van der Waals surface area contributed by atoms with E-state index in [1.165, 1.54) is 0 Å². The van der Waals surface area contributed by atoms with Crippen LogP contribution in [0, 0.1) is 0 Å². The number of thiocarbonyl (C=S) groups is 1. The molecule has 3 aromatic rings. The van der Waals surface area contributed by atoms with E-state index in [0.717, 1.165) is 18.4 Å². The molecule has 0 radical (unpaired) electrons. The van der Waals surface area contributed by atoms with Gasteiger partial charge in [0.05, 0.1) is 23.4 Å². The highest BCUT2D eigenvalue weighted by Gasteiger charge is 2.16. The van der Waals surface area contributed by atoms with E-state index in [0.29, 0.717) is 29.2 Å². The van der Waals surface area contributed by atoms with Crippen LogP contribution in [0.4, 0.5) is 5.69 Å². The molecule has 3 rings (SSSR count). The average molecular weight is 476 g/mol. The van der Waals surface area contributed by atoms with E-state index < -0.39 is 5.91 Å². The number of anilines is 1. The first-order valence-electron chi connectivity index (χ1n) is 11.3. The zero-order chi connectivity index (χ0) is 24.3. The Bertz CT molecular complexity index is 1130. The van der Waals surface area contributed by atoms with Gasteiger partial charge in [0.15, 0.2) is 5.11 Å². The van der Waals surface area contributed by atoms with Gasteiger partial charge in [-0.05, 0) is 55.4 Å².